The van der Waals surface area contributed by atoms with Crippen LogP contribution < -0.4 is 5.32 Å². The molecule has 3 aliphatic rings. The third-order valence-corrected chi connectivity index (χ3v) is 7.02. The molecule has 1 aromatic rings. The van der Waals surface area contributed by atoms with Crippen molar-refractivity contribution < 1.29 is 30.9 Å². The number of fused-ring (bicyclic) bond motifs is 1. The maximum absolute atomic E-state index is 13.2. The van der Waals surface area contributed by atoms with E-state index >= 15 is 0 Å². The van der Waals surface area contributed by atoms with E-state index in [9.17, 15) is 22.0 Å². The first kappa shape index (κ1) is 19.2. The Morgan fingerprint density at radius 2 is 2.11 bits per heavy atom. The van der Waals surface area contributed by atoms with Crippen molar-refractivity contribution in [3.8, 4) is 0 Å². The van der Waals surface area contributed by atoms with Crippen molar-refractivity contribution in [2.45, 2.75) is 55.7 Å². The quantitative estimate of drug-likeness (QED) is 0.762. The van der Waals surface area contributed by atoms with E-state index in [4.69, 9.17) is 4.74 Å². The SMILES string of the molecule is CC(F)(F)S(=O)(=O)OC1=Cc2ccc([C@H]3CC[C@]4(COC(=O)N4)C3)cc2CC1. The van der Waals surface area contributed by atoms with Crippen LogP contribution in [0.25, 0.3) is 6.08 Å². The van der Waals surface area contributed by atoms with Gasteiger partial charge < -0.3 is 14.2 Å². The molecule has 0 bridgehead atoms. The zero-order chi connectivity index (χ0) is 20.2. The van der Waals surface area contributed by atoms with Crippen molar-refractivity contribution in [2.75, 3.05) is 6.61 Å². The summed E-state index contributed by atoms with van der Waals surface area (Å²) in [6, 6.07) is 5.90. The second kappa shape index (κ2) is 6.43. The molecule has 1 N–H and O–H groups in total. The van der Waals surface area contributed by atoms with Gasteiger partial charge in [-0.25, -0.2) is 4.79 Å². The first-order valence-electron chi connectivity index (χ1n) is 9.17. The van der Waals surface area contributed by atoms with Gasteiger partial charge in [0, 0.05) is 13.3 Å². The molecule has 0 unspecified atom stereocenters. The van der Waals surface area contributed by atoms with Gasteiger partial charge in [0.2, 0.25) is 0 Å². The Balaban J connectivity index is 1.50. The van der Waals surface area contributed by atoms with E-state index in [-0.39, 0.29) is 23.8 Å². The highest BCUT2D eigenvalue weighted by molar-refractivity contribution is 7.87. The molecule has 1 aromatic carbocycles. The van der Waals surface area contributed by atoms with E-state index in [2.05, 4.69) is 15.6 Å². The molecule has 152 valence electrons. The Kier molecular flexibility index (Phi) is 4.41. The Hall–Kier alpha value is -2.16. The maximum Gasteiger partial charge on any atom is 0.407 e. The standard InChI is InChI=1S/C19H21F2NO5S/c1-18(20,21)28(24,25)27-16-5-4-12-8-13(2-3-14(12)9-16)15-6-7-19(10-15)11-26-17(23)22-19/h2-3,8-9,15H,4-7,10-11H2,1H3,(H,22,23)/t15-,19+/m0/s1. The van der Waals surface area contributed by atoms with Crippen molar-refractivity contribution in [3.05, 3.63) is 40.6 Å². The zero-order valence-corrected chi connectivity index (χ0v) is 16.2. The second-order valence-corrected chi connectivity index (χ2v) is 9.63. The number of aryl methyl sites for hydroxylation is 1. The number of hydrogen-bond acceptors (Lipinski definition) is 5. The predicted octanol–water partition coefficient (Wildman–Crippen LogP) is 3.68. The molecule has 28 heavy (non-hydrogen) atoms. The lowest BCUT2D eigenvalue weighted by Gasteiger charge is -2.22. The highest BCUT2D eigenvalue weighted by Gasteiger charge is 2.46. The van der Waals surface area contributed by atoms with Gasteiger partial charge in [0.15, 0.2) is 0 Å². The number of nitrogens with one attached hydrogen (secondary N) is 1. The van der Waals surface area contributed by atoms with Crippen LogP contribution in [0.2, 0.25) is 0 Å². The summed E-state index contributed by atoms with van der Waals surface area (Å²) in [5, 5.41) is -1.02. The molecule has 1 heterocycles. The third kappa shape index (κ3) is 3.47. The third-order valence-electron chi connectivity index (χ3n) is 5.71. The lowest BCUT2D eigenvalue weighted by Crippen LogP contribution is -2.40. The first-order valence-corrected chi connectivity index (χ1v) is 10.6. The lowest BCUT2D eigenvalue weighted by atomic mass is 9.88. The molecule has 1 amide bonds. The number of cyclic esters (lactones) is 1. The van der Waals surface area contributed by atoms with Gasteiger partial charge in [0.25, 0.3) is 0 Å². The topological polar surface area (TPSA) is 81.7 Å². The lowest BCUT2D eigenvalue weighted by molar-refractivity contribution is 0.0984. The van der Waals surface area contributed by atoms with Crippen LogP contribution in [0.3, 0.4) is 0 Å². The smallest absolute Gasteiger partial charge is 0.407 e. The van der Waals surface area contributed by atoms with Gasteiger partial charge in [-0.2, -0.15) is 17.2 Å². The number of carbonyl (C=O) groups is 1. The summed E-state index contributed by atoms with van der Waals surface area (Å²) in [5.74, 6) is 0.320. The average Bonchev–Trinajstić information content (AvgIpc) is 3.19. The summed E-state index contributed by atoms with van der Waals surface area (Å²) in [6.07, 6.45) is 4.51. The van der Waals surface area contributed by atoms with E-state index in [0.717, 1.165) is 36.0 Å². The minimum atomic E-state index is -4.99. The van der Waals surface area contributed by atoms with Crippen LogP contribution in [0, 0.1) is 0 Å². The molecule has 1 saturated carbocycles. The van der Waals surface area contributed by atoms with Gasteiger partial charge >= 0.3 is 21.5 Å². The highest BCUT2D eigenvalue weighted by Crippen LogP contribution is 2.43. The number of amides is 1. The van der Waals surface area contributed by atoms with E-state index in [1.54, 1.807) is 0 Å². The molecular weight excluding hydrogens is 392 g/mol. The number of rotatable bonds is 4. The van der Waals surface area contributed by atoms with Gasteiger partial charge in [0.1, 0.15) is 12.4 Å². The molecule has 2 aliphatic carbocycles. The summed E-state index contributed by atoms with van der Waals surface area (Å²) in [4.78, 5) is 11.4. The molecule has 1 aliphatic heterocycles. The fraction of sp³-hybridized carbons (Fsp3) is 0.526. The number of ether oxygens (including phenoxy) is 1. The molecule has 0 radical (unpaired) electrons. The van der Waals surface area contributed by atoms with E-state index in [1.807, 2.05) is 12.1 Å². The van der Waals surface area contributed by atoms with E-state index in [1.165, 1.54) is 6.08 Å². The zero-order valence-electron chi connectivity index (χ0n) is 15.3. The number of alkyl halides is 2. The fourth-order valence-electron chi connectivity index (χ4n) is 4.17. The van der Waals surface area contributed by atoms with Crippen molar-refractivity contribution >= 4 is 22.3 Å². The highest BCUT2D eigenvalue weighted by atomic mass is 32.2. The van der Waals surface area contributed by atoms with Gasteiger partial charge in [-0.1, -0.05) is 18.2 Å². The summed E-state index contributed by atoms with van der Waals surface area (Å²) in [6.45, 7) is 0.700. The molecule has 2 atom stereocenters. The van der Waals surface area contributed by atoms with Crippen LogP contribution in [0.4, 0.5) is 13.6 Å². The molecule has 1 spiro atoms. The molecule has 0 aromatic heterocycles. The monoisotopic (exact) mass is 413 g/mol. The van der Waals surface area contributed by atoms with Gasteiger partial charge in [-0.15, -0.1) is 0 Å². The molecule has 6 nitrogen and oxygen atoms in total. The molecule has 9 heteroatoms. The predicted molar refractivity (Wildman–Crippen MR) is 97.2 cm³/mol. The number of benzene rings is 1. The van der Waals surface area contributed by atoms with Crippen molar-refractivity contribution in [3.63, 3.8) is 0 Å². The summed E-state index contributed by atoms with van der Waals surface area (Å²) >= 11 is 0. The minimum absolute atomic E-state index is 0.0208. The van der Waals surface area contributed by atoms with Crippen LogP contribution in [-0.4, -0.2) is 31.9 Å². The summed E-state index contributed by atoms with van der Waals surface area (Å²) in [7, 11) is -4.99. The van der Waals surface area contributed by atoms with E-state index in [0.29, 0.717) is 25.9 Å². The van der Waals surface area contributed by atoms with Crippen LogP contribution in [0.1, 0.15) is 55.2 Å². The Morgan fingerprint density at radius 1 is 1.32 bits per heavy atom. The fourth-order valence-corrected chi connectivity index (χ4v) is 4.73. The molecule has 4 rings (SSSR count). The van der Waals surface area contributed by atoms with Crippen molar-refractivity contribution in [2.24, 2.45) is 0 Å². The Bertz CT molecular complexity index is 954. The maximum atomic E-state index is 13.2. The second-order valence-electron chi connectivity index (χ2n) is 7.84. The molecule has 2 fully saturated rings. The normalized spacial score (nSPS) is 27.2. The number of alkyl carbamates (subject to hydrolysis) is 1. The number of hydrogen-bond donors (Lipinski definition) is 1. The minimum Gasteiger partial charge on any atom is -0.447 e. The van der Waals surface area contributed by atoms with Crippen LogP contribution >= 0.6 is 0 Å². The number of carbonyl (C=O) groups excluding carboxylic acids is 1. The summed E-state index contributed by atoms with van der Waals surface area (Å²) in [5.41, 5.74) is 2.67. The average molecular weight is 413 g/mol. The number of halogens is 2. The molecule has 1 saturated heterocycles. The van der Waals surface area contributed by atoms with E-state index < -0.39 is 15.4 Å². The van der Waals surface area contributed by atoms with Crippen LogP contribution in [-0.2, 0) is 25.5 Å². The molecular formula is C19H21F2NO5S. The number of allylic oxidation sites excluding steroid dienone is 1. The van der Waals surface area contributed by atoms with Gasteiger partial charge in [-0.05, 0) is 54.4 Å². The van der Waals surface area contributed by atoms with Gasteiger partial charge in [0.05, 0.1) is 5.54 Å². The first-order chi connectivity index (χ1) is 13.1. The van der Waals surface area contributed by atoms with Gasteiger partial charge in [-0.3, -0.25) is 0 Å². The Labute approximate surface area is 162 Å². The van der Waals surface area contributed by atoms with Crippen LogP contribution in [0.15, 0.2) is 24.0 Å². The van der Waals surface area contributed by atoms with Crippen molar-refractivity contribution in [1.29, 1.82) is 0 Å². The van der Waals surface area contributed by atoms with Crippen LogP contribution in [0.5, 0.6) is 0 Å². The largest absolute Gasteiger partial charge is 0.447 e. The Morgan fingerprint density at radius 3 is 2.79 bits per heavy atom. The van der Waals surface area contributed by atoms with Crippen molar-refractivity contribution in [1.82, 2.24) is 5.32 Å². The summed E-state index contributed by atoms with van der Waals surface area (Å²) < 4.78 is 59.1.